The lowest BCUT2D eigenvalue weighted by Crippen LogP contribution is -2.61. The molecular formula is C18H24N2O3. The fourth-order valence-corrected chi connectivity index (χ4v) is 3.87. The summed E-state index contributed by atoms with van der Waals surface area (Å²) < 4.78 is 5.21. The molecule has 0 aliphatic carbocycles. The maximum atomic E-state index is 12.8. The molecule has 2 saturated heterocycles. The molecular weight excluding hydrogens is 292 g/mol. The Morgan fingerprint density at radius 2 is 2.04 bits per heavy atom. The summed E-state index contributed by atoms with van der Waals surface area (Å²) in [6, 6.07) is 7.27. The van der Waals surface area contributed by atoms with Gasteiger partial charge in [-0.3, -0.25) is 9.59 Å². The number of benzene rings is 1. The van der Waals surface area contributed by atoms with Crippen molar-refractivity contribution in [1.29, 1.82) is 0 Å². The minimum atomic E-state index is -0.178. The molecule has 2 amide bonds. The molecule has 1 unspecified atom stereocenters. The fraction of sp³-hybridized carbons (Fsp3) is 0.556. The number of likely N-dealkylation sites (N-methyl/N-ethyl adjacent to an activating group) is 1. The zero-order chi connectivity index (χ0) is 16.4. The van der Waals surface area contributed by atoms with Gasteiger partial charge >= 0.3 is 0 Å². The largest absolute Gasteiger partial charge is 0.497 e. The lowest BCUT2D eigenvalue weighted by atomic mass is 9.80. The molecule has 1 atom stereocenters. The molecule has 1 aromatic rings. The van der Waals surface area contributed by atoms with Gasteiger partial charge in [-0.1, -0.05) is 6.07 Å². The van der Waals surface area contributed by atoms with Crippen LogP contribution >= 0.6 is 0 Å². The number of hydrogen-bond acceptors (Lipinski definition) is 3. The summed E-state index contributed by atoms with van der Waals surface area (Å²) in [7, 11) is 3.49. The third-order valence-electron chi connectivity index (χ3n) is 5.28. The smallest absolute Gasteiger partial charge is 0.254 e. The first-order valence-corrected chi connectivity index (χ1v) is 8.26. The Labute approximate surface area is 137 Å². The molecule has 23 heavy (non-hydrogen) atoms. The van der Waals surface area contributed by atoms with Crippen molar-refractivity contribution in [3.63, 3.8) is 0 Å². The number of methoxy groups -OCH3 is 1. The fourth-order valence-electron chi connectivity index (χ4n) is 3.87. The highest BCUT2D eigenvalue weighted by molar-refractivity contribution is 5.94. The molecule has 2 heterocycles. The van der Waals surface area contributed by atoms with Crippen LogP contribution in [-0.4, -0.2) is 54.4 Å². The number of amides is 2. The topological polar surface area (TPSA) is 49.9 Å². The monoisotopic (exact) mass is 316 g/mol. The second-order valence-corrected chi connectivity index (χ2v) is 6.59. The average molecular weight is 316 g/mol. The Kier molecular flexibility index (Phi) is 4.28. The number of carbonyl (C=O) groups is 2. The zero-order valence-electron chi connectivity index (χ0n) is 13.9. The van der Waals surface area contributed by atoms with Gasteiger partial charge in [0, 0.05) is 32.1 Å². The third kappa shape index (κ3) is 2.92. The molecule has 0 N–H and O–H groups in total. The van der Waals surface area contributed by atoms with Crippen molar-refractivity contribution in [2.24, 2.45) is 0 Å². The van der Waals surface area contributed by atoms with E-state index in [-0.39, 0.29) is 17.4 Å². The molecule has 0 aromatic heterocycles. The van der Waals surface area contributed by atoms with Crippen LogP contribution in [0.3, 0.4) is 0 Å². The zero-order valence-corrected chi connectivity index (χ0v) is 13.9. The van der Waals surface area contributed by atoms with E-state index in [1.165, 1.54) is 0 Å². The van der Waals surface area contributed by atoms with Crippen molar-refractivity contribution in [2.75, 3.05) is 27.2 Å². The summed E-state index contributed by atoms with van der Waals surface area (Å²) in [5.74, 6) is 0.911. The van der Waals surface area contributed by atoms with Crippen LogP contribution in [0.2, 0.25) is 0 Å². The molecule has 124 valence electrons. The van der Waals surface area contributed by atoms with E-state index in [2.05, 4.69) is 0 Å². The van der Waals surface area contributed by atoms with Gasteiger partial charge < -0.3 is 14.5 Å². The van der Waals surface area contributed by atoms with Crippen molar-refractivity contribution in [1.82, 2.24) is 9.80 Å². The van der Waals surface area contributed by atoms with Crippen LogP contribution in [-0.2, 0) is 4.79 Å². The average Bonchev–Trinajstić information content (AvgIpc) is 2.59. The normalized spacial score (nSPS) is 24.9. The molecule has 0 bridgehead atoms. The van der Waals surface area contributed by atoms with Crippen LogP contribution in [0.15, 0.2) is 24.3 Å². The molecule has 3 rings (SSSR count). The van der Waals surface area contributed by atoms with Gasteiger partial charge in [0.1, 0.15) is 5.75 Å². The van der Waals surface area contributed by atoms with E-state index < -0.39 is 0 Å². The van der Waals surface area contributed by atoms with Gasteiger partial charge in [-0.05, 0) is 43.9 Å². The highest BCUT2D eigenvalue weighted by Crippen LogP contribution is 2.36. The van der Waals surface area contributed by atoms with Crippen molar-refractivity contribution in [3.05, 3.63) is 29.8 Å². The van der Waals surface area contributed by atoms with Gasteiger partial charge in [0.05, 0.1) is 12.6 Å². The predicted molar refractivity (Wildman–Crippen MR) is 87.5 cm³/mol. The summed E-state index contributed by atoms with van der Waals surface area (Å²) >= 11 is 0. The second-order valence-electron chi connectivity index (χ2n) is 6.59. The molecule has 2 fully saturated rings. The van der Waals surface area contributed by atoms with Gasteiger partial charge in [0.25, 0.3) is 5.91 Å². The Balaban J connectivity index is 1.80. The van der Waals surface area contributed by atoms with Gasteiger partial charge in [-0.15, -0.1) is 0 Å². The van der Waals surface area contributed by atoms with Crippen LogP contribution in [0.1, 0.15) is 42.5 Å². The number of rotatable bonds is 2. The van der Waals surface area contributed by atoms with E-state index >= 15 is 0 Å². The molecule has 2 aliphatic rings. The van der Waals surface area contributed by atoms with Crippen LogP contribution < -0.4 is 4.74 Å². The van der Waals surface area contributed by atoms with Crippen molar-refractivity contribution in [3.8, 4) is 5.75 Å². The first kappa shape index (κ1) is 15.8. The summed E-state index contributed by atoms with van der Waals surface area (Å²) in [6.07, 6.45) is 4.45. The van der Waals surface area contributed by atoms with Crippen LogP contribution in [0.5, 0.6) is 5.75 Å². The minimum absolute atomic E-state index is 0.0226. The highest BCUT2D eigenvalue weighted by Gasteiger charge is 2.44. The van der Waals surface area contributed by atoms with E-state index in [1.807, 2.05) is 35.0 Å². The van der Waals surface area contributed by atoms with Crippen molar-refractivity contribution in [2.45, 2.75) is 37.6 Å². The lowest BCUT2D eigenvalue weighted by Gasteiger charge is -2.50. The molecule has 1 aromatic carbocycles. The van der Waals surface area contributed by atoms with Gasteiger partial charge in [-0.2, -0.15) is 0 Å². The summed E-state index contributed by atoms with van der Waals surface area (Å²) in [4.78, 5) is 28.7. The summed E-state index contributed by atoms with van der Waals surface area (Å²) in [5.41, 5.74) is 0.466. The maximum Gasteiger partial charge on any atom is 0.254 e. The number of nitrogens with zero attached hydrogens (tertiary/aromatic N) is 2. The van der Waals surface area contributed by atoms with E-state index in [0.717, 1.165) is 32.2 Å². The van der Waals surface area contributed by atoms with Crippen LogP contribution in [0.4, 0.5) is 0 Å². The van der Waals surface area contributed by atoms with Gasteiger partial charge in [-0.25, -0.2) is 0 Å². The predicted octanol–water partition coefficient (Wildman–Crippen LogP) is 2.31. The maximum absolute atomic E-state index is 12.8. The molecule has 0 radical (unpaired) electrons. The Morgan fingerprint density at radius 3 is 2.83 bits per heavy atom. The first-order valence-electron chi connectivity index (χ1n) is 8.26. The SMILES string of the molecule is COc1cccc(C(=O)N2CCCC3(CCCC(=O)N3C)C2)c1. The Bertz CT molecular complexity index is 612. The molecule has 2 aliphatic heterocycles. The lowest BCUT2D eigenvalue weighted by molar-refractivity contribution is -0.142. The van der Waals surface area contributed by atoms with Crippen molar-refractivity contribution >= 4 is 11.8 Å². The van der Waals surface area contributed by atoms with Crippen molar-refractivity contribution < 1.29 is 14.3 Å². The number of carbonyl (C=O) groups excluding carboxylic acids is 2. The van der Waals surface area contributed by atoms with Gasteiger partial charge in [0.15, 0.2) is 0 Å². The van der Waals surface area contributed by atoms with E-state index in [1.54, 1.807) is 13.2 Å². The quantitative estimate of drug-likeness (QED) is 0.841. The summed E-state index contributed by atoms with van der Waals surface area (Å²) in [5, 5.41) is 0. The first-order chi connectivity index (χ1) is 11.1. The number of likely N-dealkylation sites (tertiary alicyclic amines) is 2. The van der Waals surface area contributed by atoms with E-state index in [4.69, 9.17) is 4.74 Å². The van der Waals surface area contributed by atoms with E-state index in [9.17, 15) is 9.59 Å². The number of piperidine rings is 2. The number of ether oxygens (including phenoxy) is 1. The van der Waals surface area contributed by atoms with Crippen LogP contribution in [0, 0.1) is 0 Å². The molecule has 0 saturated carbocycles. The number of hydrogen-bond donors (Lipinski definition) is 0. The van der Waals surface area contributed by atoms with E-state index in [0.29, 0.717) is 24.3 Å². The highest BCUT2D eigenvalue weighted by atomic mass is 16.5. The molecule has 1 spiro atoms. The third-order valence-corrected chi connectivity index (χ3v) is 5.28. The molecule has 5 nitrogen and oxygen atoms in total. The Hall–Kier alpha value is -2.04. The second kappa shape index (κ2) is 6.22. The summed E-state index contributed by atoms with van der Waals surface area (Å²) in [6.45, 7) is 1.38. The molecule has 5 heteroatoms. The van der Waals surface area contributed by atoms with Gasteiger partial charge in [0.2, 0.25) is 5.91 Å². The van der Waals surface area contributed by atoms with Crippen LogP contribution in [0.25, 0.3) is 0 Å². The minimum Gasteiger partial charge on any atom is -0.497 e. The standard InChI is InChI=1S/C18H24N2O3/c1-19-16(21)8-4-9-18(19)10-5-11-20(13-18)17(22)14-6-3-7-15(12-14)23-2/h3,6-7,12H,4-5,8-11,13H2,1-2H3. The Morgan fingerprint density at radius 1 is 1.26 bits per heavy atom.